The van der Waals surface area contributed by atoms with Crippen LogP contribution < -0.4 is 10.5 Å². The summed E-state index contributed by atoms with van der Waals surface area (Å²) >= 11 is 0. The van der Waals surface area contributed by atoms with Crippen molar-refractivity contribution < 1.29 is 13.9 Å². The molecule has 39 heavy (non-hydrogen) atoms. The Labute approximate surface area is 224 Å². The second-order valence-corrected chi connectivity index (χ2v) is 9.84. The third-order valence-electron chi connectivity index (χ3n) is 7.13. The maximum atomic E-state index is 14.0. The van der Waals surface area contributed by atoms with Gasteiger partial charge in [-0.2, -0.15) is 5.10 Å². The number of likely N-dealkylation sites (tertiary alicyclic amines) is 1. The molecule has 0 spiro atoms. The molecule has 3 heterocycles. The Balaban J connectivity index is 1.29. The number of nitrogens with two attached hydrogens (primary N) is 1. The van der Waals surface area contributed by atoms with E-state index >= 15 is 0 Å². The number of nitrogen functional groups attached to an aromatic ring is 1. The second-order valence-electron chi connectivity index (χ2n) is 9.84. The van der Waals surface area contributed by atoms with Gasteiger partial charge in [0.2, 0.25) is 5.70 Å². The molecular weight excluding hydrogens is 497 g/mol. The highest BCUT2D eigenvalue weighted by molar-refractivity contribution is 5.98. The Morgan fingerprint density at radius 3 is 2.69 bits per heavy atom. The number of allylic oxidation sites excluding steroid dienone is 1. The zero-order chi connectivity index (χ0) is 26.9. The van der Waals surface area contributed by atoms with Crippen LogP contribution in [0.3, 0.4) is 0 Å². The van der Waals surface area contributed by atoms with E-state index in [2.05, 4.69) is 14.8 Å². The van der Waals surface area contributed by atoms with Crippen molar-refractivity contribution in [2.24, 2.45) is 5.92 Å². The van der Waals surface area contributed by atoms with Gasteiger partial charge in [-0.05, 0) is 68.0 Å². The van der Waals surface area contributed by atoms with Crippen LogP contribution in [0.1, 0.15) is 25.7 Å². The van der Waals surface area contributed by atoms with Gasteiger partial charge >= 0.3 is 0 Å². The minimum atomic E-state index is -0.442. The lowest BCUT2D eigenvalue weighted by atomic mass is 10.1. The first-order valence-corrected chi connectivity index (χ1v) is 12.9. The van der Waals surface area contributed by atoms with Crippen molar-refractivity contribution in [3.8, 4) is 22.8 Å². The molecule has 2 aliphatic rings. The monoisotopic (exact) mass is 523 g/mol. The highest BCUT2D eigenvalue weighted by Gasteiger charge is 2.33. The van der Waals surface area contributed by atoms with Crippen LogP contribution >= 0.6 is 0 Å². The van der Waals surface area contributed by atoms with Gasteiger partial charge in [-0.1, -0.05) is 18.2 Å². The van der Waals surface area contributed by atoms with Crippen LogP contribution in [0.4, 0.5) is 10.2 Å². The van der Waals surface area contributed by atoms with Crippen molar-refractivity contribution in [3.05, 3.63) is 83.9 Å². The number of anilines is 1. The Morgan fingerprint density at radius 2 is 1.95 bits per heavy atom. The van der Waals surface area contributed by atoms with Crippen LogP contribution in [0.15, 0.2) is 66.6 Å². The van der Waals surface area contributed by atoms with Crippen LogP contribution in [0.5, 0.6) is 11.5 Å². The Morgan fingerprint density at radius 1 is 1.15 bits per heavy atom. The number of rotatable bonds is 7. The SMILES string of the molecule is [C-]#[N+]/C(=C/C1CC1)C(=O)N1CCC[C@@H]1Cn1nc(-c2ccc(Oc3ccccc3F)cc2)c2c(N)ncnc21. The summed E-state index contributed by atoms with van der Waals surface area (Å²) < 4.78 is 21.5. The molecule has 0 unspecified atom stereocenters. The largest absolute Gasteiger partial charge is 0.454 e. The number of amides is 1. The summed E-state index contributed by atoms with van der Waals surface area (Å²) in [6, 6.07) is 13.2. The molecule has 1 amide bonds. The molecule has 1 aliphatic heterocycles. The number of fused-ring (bicyclic) bond motifs is 1. The van der Waals surface area contributed by atoms with E-state index in [9.17, 15) is 9.18 Å². The van der Waals surface area contributed by atoms with Gasteiger partial charge in [-0.25, -0.2) is 23.9 Å². The summed E-state index contributed by atoms with van der Waals surface area (Å²) in [5.74, 6) is 0.612. The molecule has 6 rings (SSSR count). The number of carbonyl (C=O) groups excluding carboxylic acids is 1. The third-order valence-corrected chi connectivity index (χ3v) is 7.13. The van der Waals surface area contributed by atoms with Gasteiger partial charge in [-0.3, -0.25) is 4.79 Å². The van der Waals surface area contributed by atoms with Crippen molar-refractivity contribution in [1.82, 2.24) is 24.6 Å². The standard InChI is InChI=1S/C29H26FN7O2/c1-32-23(15-18-8-9-18)29(38)36-14-4-5-20(36)16-37-28-25(27(31)33-17-34-28)26(35-37)19-10-12-21(13-11-19)39-24-7-3-2-6-22(24)30/h2-3,6-7,10-13,15,17-18,20H,4-5,8-9,14,16H2,(H2,31,33,34)/b23-15+/t20-/m1/s1. The molecule has 1 saturated carbocycles. The average Bonchev–Trinajstić information content (AvgIpc) is 3.52. The molecule has 1 aliphatic carbocycles. The number of hydrogen-bond acceptors (Lipinski definition) is 6. The fourth-order valence-electron chi connectivity index (χ4n) is 4.98. The molecule has 2 aromatic heterocycles. The lowest BCUT2D eigenvalue weighted by Crippen LogP contribution is -2.38. The third kappa shape index (κ3) is 4.91. The van der Waals surface area contributed by atoms with Crippen molar-refractivity contribution in [2.75, 3.05) is 12.3 Å². The molecule has 4 aromatic rings. The Kier molecular flexibility index (Phi) is 6.40. The normalized spacial score (nSPS) is 17.4. The van der Waals surface area contributed by atoms with Crippen molar-refractivity contribution in [1.29, 1.82) is 0 Å². The highest BCUT2D eigenvalue weighted by atomic mass is 19.1. The molecule has 0 bridgehead atoms. The minimum Gasteiger partial charge on any atom is -0.454 e. The number of nitrogens with zero attached hydrogens (tertiary/aromatic N) is 6. The van der Waals surface area contributed by atoms with E-state index in [1.807, 2.05) is 18.2 Å². The number of ether oxygens (including phenoxy) is 1. The highest BCUT2D eigenvalue weighted by Crippen LogP contribution is 2.34. The van der Waals surface area contributed by atoms with Gasteiger partial charge in [0.05, 0.1) is 24.5 Å². The van der Waals surface area contributed by atoms with Crippen molar-refractivity contribution in [2.45, 2.75) is 38.3 Å². The topological polar surface area (TPSA) is 104 Å². The predicted molar refractivity (Wildman–Crippen MR) is 144 cm³/mol. The summed E-state index contributed by atoms with van der Waals surface area (Å²) in [4.78, 5) is 27.2. The quantitative estimate of drug-likeness (QED) is 0.263. The number of aromatic nitrogens is 4. The molecule has 0 radical (unpaired) electrons. The Bertz CT molecular complexity index is 1620. The van der Waals surface area contributed by atoms with Crippen LogP contribution in [-0.4, -0.2) is 43.1 Å². The zero-order valence-corrected chi connectivity index (χ0v) is 21.1. The van der Waals surface area contributed by atoms with E-state index < -0.39 is 5.82 Å². The molecule has 2 aromatic carbocycles. The molecular formula is C29H26FN7O2. The van der Waals surface area contributed by atoms with E-state index in [0.717, 1.165) is 31.2 Å². The maximum absolute atomic E-state index is 14.0. The summed E-state index contributed by atoms with van der Waals surface area (Å²) in [7, 11) is 0. The molecule has 2 N–H and O–H groups in total. The first-order chi connectivity index (χ1) is 19.0. The summed E-state index contributed by atoms with van der Waals surface area (Å²) in [6.07, 6.45) is 6.96. The first kappa shape index (κ1) is 24.6. The summed E-state index contributed by atoms with van der Waals surface area (Å²) in [5.41, 5.74) is 8.42. The molecule has 2 fully saturated rings. The lowest BCUT2D eigenvalue weighted by Gasteiger charge is -2.24. The van der Waals surface area contributed by atoms with Gasteiger partial charge in [0, 0.05) is 12.1 Å². The molecule has 1 saturated heterocycles. The number of carbonyl (C=O) groups is 1. The van der Waals surface area contributed by atoms with Gasteiger partial charge < -0.3 is 15.4 Å². The fourth-order valence-corrected chi connectivity index (χ4v) is 4.98. The molecule has 10 heteroatoms. The predicted octanol–water partition coefficient (Wildman–Crippen LogP) is 5.21. The van der Waals surface area contributed by atoms with E-state index in [1.165, 1.54) is 12.4 Å². The van der Waals surface area contributed by atoms with Crippen LogP contribution in [0, 0.1) is 18.3 Å². The lowest BCUT2D eigenvalue weighted by molar-refractivity contribution is -0.127. The van der Waals surface area contributed by atoms with Crippen LogP contribution in [-0.2, 0) is 11.3 Å². The van der Waals surface area contributed by atoms with Gasteiger partial charge in [0.1, 0.15) is 23.6 Å². The average molecular weight is 524 g/mol. The van der Waals surface area contributed by atoms with E-state index in [0.29, 0.717) is 47.3 Å². The van der Waals surface area contributed by atoms with E-state index in [-0.39, 0.29) is 23.4 Å². The van der Waals surface area contributed by atoms with Gasteiger partial charge in [-0.15, -0.1) is 0 Å². The minimum absolute atomic E-state index is 0.120. The van der Waals surface area contributed by atoms with E-state index in [1.54, 1.807) is 39.9 Å². The summed E-state index contributed by atoms with van der Waals surface area (Å²) in [6.45, 7) is 8.54. The molecule has 196 valence electrons. The summed E-state index contributed by atoms with van der Waals surface area (Å²) in [5, 5.41) is 5.47. The Hall–Kier alpha value is -4.78. The van der Waals surface area contributed by atoms with Crippen LogP contribution in [0.2, 0.25) is 0 Å². The van der Waals surface area contributed by atoms with Crippen molar-refractivity contribution >= 4 is 22.8 Å². The number of halogens is 1. The second kappa shape index (κ2) is 10.2. The van der Waals surface area contributed by atoms with Crippen molar-refractivity contribution in [3.63, 3.8) is 0 Å². The molecule has 9 nitrogen and oxygen atoms in total. The number of benzene rings is 2. The molecule has 1 atom stereocenters. The fraction of sp³-hybridized carbons (Fsp3) is 0.276. The van der Waals surface area contributed by atoms with Gasteiger partial charge in [0.15, 0.2) is 17.2 Å². The van der Waals surface area contributed by atoms with Crippen LogP contribution in [0.25, 0.3) is 27.1 Å². The van der Waals surface area contributed by atoms with E-state index in [4.69, 9.17) is 22.1 Å². The zero-order valence-electron chi connectivity index (χ0n) is 21.1. The number of para-hydroxylation sites is 1. The van der Waals surface area contributed by atoms with Gasteiger partial charge in [0.25, 0.3) is 5.91 Å². The number of hydrogen-bond donors (Lipinski definition) is 1. The smallest absolute Gasteiger partial charge is 0.252 e. The first-order valence-electron chi connectivity index (χ1n) is 12.9. The maximum Gasteiger partial charge on any atom is 0.252 e.